The van der Waals surface area contributed by atoms with Crippen molar-refractivity contribution in [3.05, 3.63) is 76.8 Å². The Morgan fingerprint density at radius 3 is 2.66 bits per heavy atom. The number of carbonyl (C=O) groups excluding carboxylic acids is 2. The summed E-state index contributed by atoms with van der Waals surface area (Å²) in [5.74, 6) is -0.469. The first-order chi connectivity index (χ1) is 15.4. The predicted octanol–water partition coefficient (Wildman–Crippen LogP) is 3.51. The van der Waals surface area contributed by atoms with Gasteiger partial charge in [0.25, 0.3) is 0 Å². The molecular formula is C25H25ClN2O4. The van der Waals surface area contributed by atoms with E-state index in [9.17, 15) is 9.59 Å². The Morgan fingerprint density at radius 1 is 1.25 bits per heavy atom. The van der Waals surface area contributed by atoms with E-state index in [1.165, 1.54) is 0 Å². The van der Waals surface area contributed by atoms with E-state index < -0.39 is 17.4 Å². The molecule has 5 unspecified atom stereocenters. The number of rotatable bonds is 6. The molecule has 6 nitrogen and oxygen atoms in total. The van der Waals surface area contributed by atoms with Gasteiger partial charge in [-0.25, -0.2) is 0 Å². The second-order valence-electron chi connectivity index (χ2n) is 8.66. The van der Waals surface area contributed by atoms with Gasteiger partial charge < -0.3 is 19.7 Å². The zero-order chi connectivity index (χ0) is 22.5. The Morgan fingerprint density at radius 2 is 1.97 bits per heavy atom. The number of nitrogens with zero attached hydrogens (tertiary/aromatic N) is 1. The summed E-state index contributed by atoms with van der Waals surface area (Å²) in [6.45, 7) is 2.82. The van der Waals surface area contributed by atoms with Crippen molar-refractivity contribution in [2.75, 3.05) is 13.7 Å². The molecule has 2 aromatic carbocycles. The van der Waals surface area contributed by atoms with Crippen molar-refractivity contribution in [1.29, 1.82) is 0 Å². The van der Waals surface area contributed by atoms with Gasteiger partial charge in [0, 0.05) is 11.6 Å². The Hall–Kier alpha value is -2.83. The van der Waals surface area contributed by atoms with Crippen LogP contribution in [0.25, 0.3) is 0 Å². The van der Waals surface area contributed by atoms with Crippen LogP contribution in [0.2, 0.25) is 5.02 Å². The molecule has 5 rings (SSSR count). The first-order valence-corrected chi connectivity index (χ1v) is 11.1. The Bertz CT molecular complexity index is 1070. The van der Waals surface area contributed by atoms with Crippen LogP contribution in [0.5, 0.6) is 5.75 Å². The van der Waals surface area contributed by atoms with E-state index in [2.05, 4.69) is 5.32 Å². The number of likely N-dealkylation sites (tertiary alicyclic amines) is 1. The number of ether oxygens (including phenoxy) is 2. The Kier molecular flexibility index (Phi) is 5.22. The molecule has 0 saturated carbocycles. The van der Waals surface area contributed by atoms with Crippen molar-refractivity contribution in [3.8, 4) is 5.75 Å². The molecule has 1 N–H and O–H groups in total. The standard InChI is InChI=1S/C25H25ClN2O4/c1-15(17-5-9-19(31-2)10-6-17)28-14-25-12-11-20(32-25)21(22(25)24(28)30)23(29)27-13-16-3-7-18(26)8-4-16/h3-12,15,20-22H,13-14H2,1-2H3,(H,27,29). The van der Waals surface area contributed by atoms with Crippen LogP contribution in [0.3, 0.4) is 0 Å². The lowest BCUT2D eigenvalue weighted by Crippen LogP contribution is -2.44. The minimum atomic E-state index is -0.731. The zero-order valence-corrected chi connectivity index (χ0v) is 18.7. The molecule has 0 aliphatic carbocycles. The lowest BCUT2D eigenvalue weighted by atomic mass is 9.77. The summed E-state index contributed by atoms with van der Waals surface area (Å²) in [6.07, 6.45) is 3.54. The average molecular weight is 453 g/mol. The third-order valence-electron chi connectivity index (χ3n) is 6.88. The predicted molar refractivity (Wildman–Crippen MR) is 120 cm³/mol. The van der Waals surface area contributed by atoms with E-state index in [0.717, 1.165) is 16.9 Å². The van der Waals surface area contributed by atoms with Crippen molar-refractivity contribution in [2.24, 2.45) is 11.8 Å². The number of nitrogens with one attached hydrogen (secondary N) is 1. The molecule has 2 bridgehead atoms. The van der Waals surface area contributed by atoms with Crippen LogP contribution in [0.15, 0.2) is 60.7 Å². The second kappa shape index (κ2) is 7.94. The van der Waals surface area contributed by atoms with Crippen molar-refractivity contribution in [1.82, 2.24) is 10.2 Å². The minimum Gasteiger partial charge on any atom is -0.497 e. The normalized spacial score (nSPS) is 28.7. The molecule has 3 aliphatic heterocycles. The number of methoxy groups -OCH3 is 1. The highest BCUT2D eigenvalue weighted by atomic mass is 35.5. The van der Waals surface area contributed by atoms with Gasteiger partial charge >= 0.3 is 0 Å². The largest absolute Gasteiger partial charge is 0.497 e. The molecule has 2 saturated heterocycles. The third kappa shape index (κ3) is 3.38. The van der Waals surface area contributed by atoms with Crippen LogP contribution in [0.1, 0.15) is 24.1 Å². The molecule has 1 spiro atoms. The number of benzene rings is 2. The number of halogens is 1. The smallest absolute Gasteiger partial charge is 0.230 e. The summed E-state index contributed by atoms with van der Waals surface area (Å²) in [4.78, 5) is 28.5. The lowest BCUT2D eigenvalue weighted by Gasteiger charge is -2.28. The topological polar surface area (TPSA) is 67.9 Å². The molecule has 2 fully saturated rings. The van der Waals surface area contributed by atoms with E-state index in [-0.39, 0.29) is 24.0 Å². The van der Waals surface area contributed by atoms with Gasteiger partial charge in [0.15, 0.2) is 0 Å². The molecule has 3 aliphatic rings. The molecule has 2 amide bonds. The van der Waals surface area contributed by atoms with Crippen LogP contribution in [0.4, 0.5) is 0 Å². The summed E-state index contributed by atoms with van der Waals surface area (Å²) in [7, 11) is 1.63. The van der Waals surface area contributed by atoms with Crippen LogP contribution in [0, 0.1) is 11.8 Å². The number of hydrogen-bond donors (Lipinski definition) is 1. The Balaban J connectivity index is 1.33. The van der Waals surface area contributed by atoms with Gasteiger partial charge in [-0.3, -0.25) is 9.59 Å². The highest BCUT2D eigenvalue weighted by Gasteiger charge is 2.67. The molecule has 0 aromatic heterocycles. The third-order valence-corrected chi connectivity index (χ3v) is 7.13. The van der Waals surface area contributed by atoms with Crippen LogP contribution < -0.4 is 10.1 Å². The molecule has 3 heterocycles. The molecule has 166 valence electrons. The SMILES string of the molecule is COc1ccc(C(C)N2CC34C=CC(O3)C(C(=O)NCc3ccc(Cl)cc3)C4C2=O)cc1. The highest BCUT2D eigenvalue weighted by molar-refractivity contribution is 6.30. The summed E-state index contributed by atoms with van der Waals surface area (Å²) in [6, 6.07) is 14.9. The number of carbonyl (C=O) groups is 2. The van der Waals surface area contributed by atoms with Crippen LogP contribution >= 0.6 is 11.6 Å². The summed E-state index contributed by atoms with van der Waals surface area (Å²) in [5.41, 5.74) is 1.23. The van der Waals surface area contributed by atoms with Gasteiger partial charge in [-0.2, -0.15) is 0 Å². The van der Waals surface area contributed by atoms with E-state index in [1.54, 1.807) is 19.2 Å². The summed E-state index contributed by atoms with van der Waals surface area (Å²) >= 11 is 5.94. The van der Waals surface area contributed by atoms with Crippen molar-refractivity contribution in [3.63, 3.8) is 0 Å². The Labute approximate surface area is 192 Å². The maximum atomic E-state index is 13.5. The lowest BCUT2D eigenvalue weighted by molar-refractivity contribution is -0.138. The summed E-state index contributed by atoms with van der Waals surface area (Å²) < 4.78 is 11.5. The fourth-order valence-electron chi connectivity index (χ4n) is 5.13. The molecule has 0 radical (unpaired) electrons. The molecule has 7 heteroatoms. The van der Waals surface area contributed by atoms with Crippen LogP contribution in [-0.2, 0) is 20.9 Å². The summed E-state index contributed by atoms with van der Waals surface area (Å²) in [5, 5.41) is 3.63. The van der Waals surface area contributed by atoms with Crippen LogP contribution in [-0.4, -0.2) is 42.1 Å². The van der Waals surface area contributed by atoms with Crippen molar-refractivity contribution < 1.29 is 19.1 Å². The average Bonchev–Trinajstić information content (AvgIpc) is 3.46. The van der Waals surface area contributed by atoms with E-state index >= 15 is 0 Å². The van der Waals surface area contributed by atoms with E-state index in [0.29, 0.717) is 18.1 Å². The van der Waals surface area contributed by atoms with Gasteiger partial charge in [-0.15, -0.1) is 0 Å². The minimum absolute atomic E-state index is 0.0354. The van der Waals surface area contributed by atoms with E-state index in [1.807, 2.05) is 60.4 Å². The number of amides is 2. The maximum Gasteiger partial charge on any atom is 0.230 e. The van der Waals surface area contributed by atoms with Gasteiger partial charge in [0.2, 0.25) is 11.8 Å². The van der Waals surface area contributed by atoms with Crippen molar-refractivity contribution >= 4 is 23.4 Å². The fourth-order valence-corrected chi connectivity index (χ4v) is 5.25. The fraction of sp³-hybridized carbons (Fsp3) is 0.360. The monoisotopic (exact) mass is 452 g/mol. The first kappa shape index (κ1) is 21.0. The zero-order valence-electron chi connectivity index (χ0n) is 18.0. The van der Waals surface area contributed by atoms with Gasteiger partial charge in [0.05, 0.1) is 37.6 Å². The second-order valence-corrected chi connectivity index (χ2v) is 9.10. The molecule has 5 atom stereocenters. The highest BCUT2D eigenvalue weighted by Crippen LogP contribution is 2.53. The first-order valence-electron chi connectivity index (χ1n) is 10.8. The molecular weight excluding hydrogens is 428 g/mol. The van der Waals surface area contributed by atoms with E-state index in [4.69, 9.17) is 21.1 Å². The van der Waals surface area contributed by atoms with Gasteiger partial charge in [-0.1, -0.05) is 48.0 Å². The van der Waals surface area contributed by atoms with Gasteiger partial charge in [0.1, 0.15) is 11.4 Å². The number of fused-ring (bicyclic) bond motifs is 1. The van der Waals surface area contributed by atoms with Gasteiger partial charge in [-0.05, 0) is 42.3 Å². The quantitative estimate of drug-likeness (QED) is 0.681. The van der Waals surface area contributed by atoms with Crippen molar-refractivity contribution in [2.45, 2.75) is 31.2 Å². The molecule has 2 aromatic rings. The molecule has 32 heavy (non-hydrogen) atoms. The number of hydrogen-bond acceptors (Lipinski definition) is 4. The maximum absolute atomic E-state index is 13.5.